The van der Waals surface area contributed by atoms with Crippen LogP contribution in [0.2, 0.25) is 0 Å². The molecule has 98 valence electrons. The highest BCUT2D eigenvalue weighted by Crippen LogP contribution is 2.36. The Balaban J connectivity index is 1.75. The molecular weight excluding hydrogens is 218 g/mol. The molecule has 0 atom stereocenters. The van der Waals surface area contributed by atoms with Crippen molar-refractivity contribution >= 4 is 5.97 Å². The summed E-state index contributed by atoms with van der Waals surface area (Å²) in [5.41, 5.74) is -0.500. The second-order valence-corrected chi connectivity index (χ2v) is 5.60. The van der Waals surface area contributed by atoms with Crippen molar-refractivity contribution in [2.24, 2.45) is 5.41 Å². The first-order chi connectivity index (χ1) is 8.05. The number of carboxylic acid groups (broad SMARTS) is 1. The lowest BCUT2D eigenvalue weighted by atomic mass is 9.78. The van der Waals surface area contributed by atoms with Gasteiger partial charge in [-0.25, -0.2) is 0 Å². The zero-order chi connectivity index (χ0) is 12.5. The standard InChI is InChI=1S/C13H23NO3/c1-3-17-11-8-10(9-11)14-6-4-13(2,5-7-14)12(15)16/h10-11H,3-9H2,1-2H3,(H,15,16). The largest absolute Gasteiger partial charge is 0.481 e. The van der Waals surface area contributed by atoms with Crippen molar-refractivity contribution in [3.63, 3.8) is 0 Å². The van der Waals surface area contributed by atoms with Crippen molar-refractivity contribution in [2.45, 2.75) is 51.7 Å². The first-order valence-corrected chi connectivity index (χ1v) is 6.64. The summed E-state index contributed by atoms with van der Waals surface area (Å²) < 4.78 is 5.56. The van der Waals surface area contributed by atoms with Crippen LogP contribution in [0.5, 0.6) is 0 Å². The number of hydrogen-bond donors (Lipinski definition) is 1. The summed E-state index contributed by atoms with van der Waals surface area (Å²) in [4.78, 5) is 13.6. The number of likely N-dealkylation sites (tertiary alicyclic amines) is 1. The number of carbonyl (C=O) groups is 1. The molecule has 1 saturated heterocycles. The summed E-state index contributed by atoms with van der Waals surface area (Å²) in [5.74, 6) is -0.641. The SMILES string of the molecule is CCOC1CC(N2CCC(C)(C(=O)O)CC2)C1. The van der Waals surface area contributed by atoms with E-state index in [2.05, 4.69) is 4.90 Å². The fourth-order valence-electron chi connectivity index (χ4n) is 2.80. The molecule has 0 unspecified atom stereocenters. The molecule has 1 saturated carbocycles. The molecule has 2 fully saturated rings. The molecule has 0 radical (unpaired) electrons. The van der Waals surface area contributed by atoms with Gasteiger partial charge in [-0.2, -0.15) is 0 Å². The Bertz CT molecular complexity index is 278. The summed E-state index contributed by atoms with van der Waals surface area (Å²) in [7, 11) is 0. The van der Waals surface area contributed by atoms with Crippen molar-refractivity contribution in [3.05, 3.63) is 0 Å². The van der Waals surface area contributed by atoms with Crippen molar-refractivity contribution in [1.82, 2.24) is 4.90 Å². The Morgan fingerprint density at radius 2 is 2.00 bits per heavy atom. The van der Waals surface area contributed by atoms with Crippen LogP contribution in [0.1, 0.15) is 39.5 Å². The van der Waals surface area contributed by atoms with Gasteiger partial charge in [0.05, 0.1) is 11.5 Å². The van der Waals surface area contributed by atoms with Crippen molar-refractivity contribution < 1.29 is 14.6 Å². The van der Waals surface area contributed by atoms with Crippen LogP contribution in [0, 0.1) is 5.41 Å². The molecule has 4 heteroatoms. The van der Waals surface area contributed by atoms with Gasteiger partial charge in [-0.3, -0.25) is 4.79 Å². The van der Waals surface area contributed by atoms with Gasteiger partial charge in [0.15, 0.2) is 0 Å². The number of hydrogen-bond acceptors (Lipinski definition) is 3. The number of ether oxygens (including phenoxy) is 1. The molecule has 0 amide bonds. The van der Waals surface area contributed by atoms with Gasteiger partial charge < -0.3 is 14.7 Å². The van der Waals surface area contributed by atoms with E-state index in [9.17, 15) is 4.79 Å². The molecule has 1 aliphatic heterocycles. The number of aliphatic carboxylic acids is 1. The topological polar surface area (TPSA) is 49.8 Å². The van der Waals surface area contributed by atoms with Gasteiger partial charge in [0, 0.05) is 12.6 Å². The second kappa shape index (κ2) is 4.94. The summed E-state index contributed by atoms with van der Waals surface area (Å²) in [5, 5.41) is 9.17. The summed E-state index contributed by atoms with van der Waals surface area (Å²) in [6, 6.07) is 0.630. The fourth-order valence-corrected chi connectivity index (χ4v) is 2.80. The average molecular weight is 241 g/mol. The first kappa shape index (κ1) is 12.8. The molecule has 0 aromatic rings. The lowest BCUT2D eigenvalue weighted by Gasteiger charge is -2.46. The lowest BCUT2D eigenvalue weighted by molar-refractivity contribution is -0.152. The van der Waals surface area contributed by atoms with Crippen LogP contribution in [0.15, 0.2) is 0 Å². The summed E-state index contributed by atoms with van der Waals surface area (Å²) >= 11 is 0. The third-order valence-electron chi connectivity index (χ3n) is 4.41. The van der Waals surface area contributed by atoms with E-state index < -0.39 is 11.4 Å². The highest BCUT2D eigenvalue weighted by molar-refractivity contribution is 5.74. The number of carboxylic acids is 1. The van der Waals surface area contributed by atoms with Crippen LogP contribution in [0.4, 0.5) is 0 Å². The maximum Gasteiger partial charge on any atom is 0.309 e. The van der Waals surface area contributed by atoms with E-state index in [4.69, 9.17) is 9.84 Å². The van der Waals surface area contributed by atoms with E-state index in [1.165, 1.54) is 0 Å². The zero-order valence-corrected chi connectivity index (χ0v) is 10.8. The lowest BCUT2D eigenvalue weighted by Crippen LogP contribution is -2.53. The molecule has 0 bridgehead atoms. The molecule has 0 aromatic carbocycles. The minimum atomic E-state index is -0.641. The smallest absolute Gasteiger partial charge is 0.309 e. The average Bonchev–Trinajstić information content (AvgIpc) is 2.24. The maximum atomic E-state index is 11.1. The van der Waals surface area contributed by atoms with E-state index in [1.807, 2.05) is 13.8 Å². The maximum absolute atomic E-state index is 11.1. The first-order valence-electron chi connectivity index (χ1n) is 6.64. The van der Waals surface area contributed by atoms with Crippen molar-refractivity contribution in [1.29, 1.82) is 0 Å². The quantitative estimate of drug-likeness (QED) is 0.814. The summed E-state index contributed by atoms with van der Waals surface area (Å²) in [6.07, 6.45) is 4.24. The van der Waals surface area contributed by atoms with Gasteiger partial charge in [0.1, 0.15) is 0 Å². The molecule has 1 N–H and O–H groups in total. The Labute approximate surface area is 103 Å². The molecule has 1 aliphatic carbocycles. The number of rotatable bonds is 4. The third kappa shape index (κ3) is 2.63. The van der Waals surface area contributed by atoms with E-state index in [1.54, 1.807) is 0 Å². The molecular formula is C13H23NO3. The van der Waals surface area contributed by atoms with Crippen LogP contribution in [-0.4, -0.2) is 47.8 Å². The molecule has 0 spiro atoms. The van der Waals surface area contributed by atoms with Crippen LogP contribution >= 0.6 is 0 Å². The predicted octanol–water partition coefficient (Wildman–Crippen LogP) is 1.74. The highest BCUT2D eigenvalue weighted by Gasteiger charge is 2.41. The minimum Gasteiger partial charge on any atom is -0.481 e. The molecule has 2 rings (SSSR count). The Hall–Kier alpha value is -0.610. The van der Waals surface area contributed by atoms with Crippen molar-refractivity contribution in [2.75, 3.05) is 19.7 Å². The minimum absolute atomic E-state index is 0.442. The number of nitrogens with zero attached hydrogens (tertiary/aromatic N) is 1. The van der Waals surface area contributed by atoms with Gasteiger partial charge in [-0.05, 0) is 52.6 Å². The number of piperidine rings is 1. The molecule has 0 aromatic heterocycles. The molecule has 4 nitrogen and oxygen atoms in total. The molecule has 2 aliphatic rings. The summed E-state index contributed by atoms with van der Waals surface area (Å²) in [6.45, 7) is 6.55. The Kier molecular flexibility index (Phi) is 3.73. The highest BCUT2D eigenvalue weighted by atomic mass is 16.5. The Morgan fingerprint density at radius 1 is 1.41 bits per heavy atom. The van der Waals surface area contributed by atoms with Gasteiger partial charge in [0.2, 0.25) is 0 Å². The van der Waals surface area contributed by atoms with Gasteiger partial charge >= 0.3 is 5.97 Å². The van der Waals surface area contributed by atoms with Gasteiger partial charge in [-0.15, -0.1) is 0 Å². The van der Waals surface area contributed by atoms with E-state index in [-0.39, 0.29) is 0 Å². The van der Waals surface area contributed by atoms with E-state index in [0.717, 1.165) is 45.4 Å². The van der Waals surface area contributed by atoms with Crippen LogP contribution in [-0.2, 0) is 9.53 Å². The van der Waals surface area contributed by atoms with E-state index in [0.29, 0.717) is 12.1 Å². The normalized spacial score (nSPS) is 33.1. The fraction of sp³-hybridized carbons (Fsp3) is 0.923. The van der Waals surface area contributed by atoms with Crippen LogP contribution < -0.4 is 0 Å². The zero-order valence-electron chi connectivity index (χ0n) is 10.8. The predicted molar refractivity (Wildman–Crippen MR) is 65.0 cm³/mol. The van der Waals surface area contributed by atoms with Gasteiger partial charge in [0.25, 0.3) is 0 Å². The van der Waals surface area contributed by atoms with Crippen LogP contribution in [0.3, 0.4) is 0 Å². The van der Waals surface area contributed by atoms with Gasteiger partial charge in [-0.1, -0.05) is 0 Å². The molecule has 17 heavy (non-hydrogen) atoms. The van der Waals surface area contributed by atoms with Crippen molar-refractivity contribution in [3.8, 4) is 0 Å². The van der Waals surface area contributed by atoms with E-state index >= 15 is 0 Å². The molecule has 1 heterocycles. The second-order valence-electron chi connectivity index (χ2n) is 5.60. The Morgan fingerprint density at radius 3 is 2.47 bits per heavy atom. The van der Waals surface area contributed by atoms with Crippen LogP contribution in [0.25, 0.3) is 0 Å². The third-order valence-corrected chi connectivity index (χ3v) is 4.41. The monoisotopic (exact) mass is 241 g/mol.